The van der Waals surface area contributed by atoms with E-state index in [2.05, 4.69) is 22.5 Å². The van der Waals surface area contributed by atoms with Gasteiger partial charge in [-0.15, -0.1) is 0 Å². The van der Waals surface area contributed by atoms with Crippen molar-refractivity contribution in [2.24, 2.45) is 0 Å². The molecule has 1 aromatic heterocycles. The summed E-state index contributed by atoms with van der Waals surface area (Å²) in [5.74, 6) is 1.52. The zero-order valence-corrected chi connectivity index (χ0v) is 14.6. The van der Waals surface area contributed by atoms with Crippen LogP contribution in [0.1, 0.15) is 18.1 Å². The van der Waals surface area contributed by atoms with Crippen molar-refractivity contribution in [2.75, 3.05) is 19.0 Å². The van der Waals surface area contributed by atoms with Gasteiger partial charge in [0.1, 0.15) is 0 Å². The number of rotatable bonds is 8. The normalized spacial score (nSPS) is 10.5. The molecule has 0 fully saturated rings. The summed E-state index contributed by atoms with van der Waals surface area (Å²) in [4.78, 5) is 0. The minimum Gasteiger partial charge on any atom is -0.493 e. The summed E-state index contributed by atoms with van der Waals surface area (Å²) >= 11 is 0. The molecule has 0 aliphatic heterocycles. The highest BCUT2D eigenvalue weighted by molar-refractivity contribution is 5.45. The minimum atomic E-state index is 0.620. The number of ether oxygens (including phenoxy) is 2. The van der Waals surface area contributed by atoms with Crippen molar-refractivity contribution in [1.29, 1.82) is 0 Å². The Bertz CT molecular complexity index is 800. The molecule has 0 saturated carbocycles. The number of aromatic nitrogens is 2. The highest BCUT2D eigenvalue weighted by atomic mass is 16.5. The molecule has 0 radical (unpaired) electrons. The van der Waals surface area contributed by atoms with Gasteiger partial charge >= 0.3 is 0 Å². The highest BCUT2D eigenvalue weighted by Gasteiger charge is 2.06. The van der Waals surface area contributed by atoms with Crippen LogP contribution in [-0.2, 0) is 13.1 Å². The monoisotopic (exact) mass is 337 g/mol. The third kappa shape index (κ3) is 4.53. The van der Waals surface area contributed by atoms with E-state index < -0.39 is 0 Å². The Balaban J connectivity index is 1.60. The molecule has 25 heavy (non-hydrogen) atoms. The first kappa shape index (κ1) is 16.9. The van der Waals surface area contributed by atoms with Crippen molar-refractivity contribution in [2.45, 2.75) is 20.0 Å². The minimum absolute atomic E-state index is 0.620. The van der Waals surface area contributed by atoms with Gasteiger partial charge in [-0.3, -0.25) is 4.68 Å². The van der Waals surface area contributed by atoms with Gasteiger partial charge in [-0.2, -0.15) is 5.10 Å². The molecule has 0 atom stereocenters. The van der Waals surface area contributed by atoms with E-state index in [0.717, 1.165) is 29.3 Å². The second kappa shape index (κ2) is 8.24. The molecule has 0 amide bonds. The summed E-state index contributed by atoms with van der Waals surface area (Å²) in [6.45, 7) is 4.04. The average Bonchev–Trinajstić information content (AvgIpc) is 3.09. The Morgan fingerprint density at radius 1 is 1.04 bits per heavy atom. The second-order valence-electron chi connectivity index (χ2n) is 5.68. The average molecular weight is 337 g/mol. The molecule has 3 rings (SSSR count). The second-order valence-corrected chi connectivity index (χ2v) is 5.68. The lowest BCUT2D eigenvalue weighted by molar-refractivity contribution is 0.310. The Hall–Kier alpha value is -2.95. The van der Waals surface area contributed by atoms with Gasteiger partial charge in [-0.05, 0) is 30.2 Å². The van der Waals surface area contributed by atoms with E-state index in [-0.39, 0.29) is 0 Å². The number of anilines is 1. The number of methoxy groups -OCH3 is 1. The number of nitrogens with one attached hydrogen (secondary N) is 1. The van der Waals surface area contributed by atoms with Crippen LogP contribution in [0, 0.1) is 0 Å². The lowest BCUT2D eigenvalue weighted by atomic mass is 10.2. The summed E-state index contributed by atoms with van der Waals surface area (Å²) in [6, 6.07) is 16.3. The Kier molecular flexibility index (Phi) is 5.57. The molecule has 5 heteroatoms. The molecule has 5 nitrogen and oxygen atoms in total. The van der Waals surface area contributed by atoms with Crippen LogP contribution in [0.3, 0.4) is 0 Å². The van der Waals surface area contributed by atoms with Crippen molar-refractivity contribution < 1.29 is 9.47 Å². The third-order valence-corrected chi connectivity index (χ3v) is 3.85. The summed E-state index contributed by atoms with van der Waals surface area (Å²) < 4.78 is 12.9. The largest absolute Gasteiger partial charge is 0.493 e. The maximum absolute atomic E-state index is 5.55. The van der Waals surface area contributed by atoms with E-state index in [4.69, 9.17) is 9.47 Å². The van der Waals surface area contributed by atoms with E-state index in [1.54, 1.807) is 7.11 Å². The fraction of sp³-hybridized carbons (Fsp3) is 0.250. The molecule has 1 N–H and O–H groups in total. The lowest BCUT2D eigenvalue weighted by Gasteiger charge is -2.11. The summed E-state index contributed by atoms with van der Waals surface area (Å²) in [5.41, 5.74) is 3.34. The van der Waals surface area contributed by atoms with Crippen LogP contribution in [0.4, 0.5) is 5.69 Å². The van der Waals surface area contributed by atoms with Crippen molar-refractivity contribution in [3.63, 3.8) is 0 Å². The van der Waals surface area contributed by atoms with E-state index in [0.29, 0.717) is 13.2 Å². The van der Waals surface area contributed by atoms with Gasteiger partial charge in [0.25, 0.3) is 0 Å². The van der Waals surface area contributed by atoms with Crippen LogP contribution < -0.4 is 14.8 Å². The maximum Gasteiger partial charge on any atom is 0.161 e. The van der Waals surface area contributed by atoms with Gasteiger partial charge in [0.2, 0.25) is 0 Å². The van der Waals surface area contributed by atoms with Gasteiger partial charge in [0.15, 0.2) is 11.5 Å². The number of hydrogen-bond acceptors (Lipinski definition) is 4. The van der Waals surface area contributed by atoms with Gasteiger partial charge in [0, 0.05) is 12.7 Å². The van der Waals surface area contributed by atoms with Gasteiger partial charge in [-0.25, -0.2) is 0 Å². The van der Waals surface area contributed by atoms with E-state index in [1.165, 1.54) is 5.56 Å². The molecule has 130 valence electrons. The SMILES string of the molecule is CCOc1ccc(CNc2cnn(Cc3ccccc3)c2)cc1OC. The van der Waals surface area contributed by atoms with Gasteiger partial charge in [0.05, 0.1) is 32.1 Å². The first-order valence-electron chi connectivity index (χ1n) is 8.38. The summed E-state index contributed by atoms with van der Waals surface area (Å²) in [5, 5.41) is 7.80. The predicted molar refractivity (Wildman–Crippen MR) is 99.3 cm³/mol. The molecule has 1 heterocycles. The lowest BCUT2D eigenvalue weighted by Crippen LogP contribution is -2.01. The van der Waals surface area contributed by atoms with Crippen LogP contribution in [0.25, 0.3) is 0 Å². The zero-order chi connectivity index (χ0) is 17.5. The van der Waals surface area contributed by atoms with Crippen molar-refractivity contribution >= 4 is 5.69 Å². The molecule has 3 aromatic rings. The van der Waals surface area contributed by atoms with Crippen LogP contribution in [0.2, 0.25) is 0 Å². The predicted octanol–water partition coefficient (Wildman–Crippen LogP) is 3.95. The quantitative estimate of drug-likeness (QED) is 0.676. The van der Waals surface area contributed by atoms with Crippen molar-refractivity contribution in [3.05, 3.63) is 72.1 Å². The highest BCUT2D eigenvalue weighted by Crippen LogP contribution is 2.28. The molecule has 2 aromatic carbocycles. The molecular formula is C20H23N3O2. The summed E-state index contributed by atoms with van der Waals surface area (Å²) in [7, 11) is 1.66. The van der Waals surface area contributed by atoms with Crippen LogP contribution in [-0.4, -0.2) is 23.5 Å². The smallest absolute Gasteiger partial charge is 0.161 e. The first-order chi connectivity index (χ1) is 12.3. The van der Waals surface area contributed by atoms with Crippen LogP contribution >= 0.6 is 0 Å². The molecule has 0 bridgehead atoms. The Labute approximate surface area is 148 Å². The first-order valence-corrected chi connectivity index (χ1v) is 8.38. The standard InChI is InChI=1S/C20H23N3O2/c1-3-25-19-10-9-17(11-20(19)24-2)12-21-18-13-22-23(15-18)14-16-7-5-4-6-8-16/h4-11,13,15,21H,3,12,14H2,1-2H3. The fourth-order valence-corrected chi connectivity index (χ4v) is 2.61. The Morgan fingerprint density at radius 3 is 2.64 bits per heavy atom. The van der Waals surface area contributed by atoms with Crippen LogP contribution in [0.15, 0.2) is 60.9 Å². The molecular weight excluding hydrogens is 314 g/mol. The maximum atomic E-state index is 5.55. The zero-order valence-electron chi connectivity index (χ0n) is 14.6. The molecule has 0 saturated heterocycles. The van der Waals surface area contributed by atoms with E-state index in [1.807, 2.05) is 60.4 Å². The molecule has 0 spiro atoms. The number of hydrogen-bond donors (Lipinski definition) is 1. The van der Waals surface area contributed by atoms with Crippen molar-refractivity contribution in [1.82, 2.24) is 9.78 Å². The molecule has 0 unspecified atom stereocenters. The van der Waals surface area contributed by atoms with Crippen LogP contribution in [0.5, 0.6) is 11.5 Å². The van der Waals surface area contributed by atoms with Gasteiger partial charge < -0.3 is 14.8 Å². The third-order valence-electron chi connectivity index (χ3n) is 3.85. The molecule has 0 aliphatic rings. The topological polar surface area (TPSA) is 48.3 Å². The summed E-state index contributed by atoms with van der Waals surface area (Å²) in [6.07, 6.45) is 3.85. The Morgan fingerprint density at radius 2 is 1.88 bits per heavy atom. The molecule has 0 aliphatic carbocycles. The number of benzene rings is 2. The van der Waals surface area contributed by atoms with Gasteiger partial charge in [-0.1, -0.05) is 36.4 Å². The van der Waals surface area contributed by atoms with Crippen molar-refractivity contribution in [3.8, 4) is 11.5 Å². The fourth-order valence-electron chi connectivity index (χ4n) is 2.61. The number of nitrogens with zero attached hydrogens (tertiary/aromatic N) is 2. The van der Waals surface area contributed by atoms with E-state index in [9.17, 15) is 0 Å². The van der Waals surface area contributed by atoms with E-state index >= 15 is 0 Å².